The maximum atomic E-state index is 12.8. The average molecular weight is 483 g/mol. The minimum absolute atomic E-state index is 0.0230. The Balaban J connectivity index is 1.15. The number of nitrogens with zero attached hydrogens (tertiary/aromatic N) is 5. The maximum Gasteiger partial charge on any atom is 0.224 e. The van der Waals surface area contributed by atoms with Gasteiger partial charge in [-0.15, -0.1) is 5.10 Å². The van der Waals surface area contributed by atoms with E-state index in [0.29, 0.717) is 0 Å². The van der Waals surface area contributed by atoms with Crippen LogP contribution in [0.1, 0.15) is 38.5 Å². The van der Waals surface area contributed by atoms with Crippen molar-refractivity contribution < 1.29 is 9.53 Å². The number of fused-ring (bicyclic) bond motifs is 1. The molecule has 0 radical (unpaired) electrons. The Kier molecular flexibility index (Phi) is 7.30. The van der Waals surface area contributed by atoms with E-state index >= 15 is 0 Å². The second-order valence-corrected chi connectivity index (χ2v) is 10.2. The number of hydrogen-bond donors (Lipinski definition) is 1. The van der Waals surface area contributed by atoms with Crippen LogP contribution in [-0.2, 0) is 4.79 Å². The summed E-state index contributed by atoms with van der Waals surface area (Å²) in [7, 11) is 1.67. The lowest BCUT2D eigenvalue weighted by Crippen LogP contribution is -2.43. The van der Waals surface area contributed by atoms with Crippen LogP contribution in [-0.4, -0.2) is 71.8 Å². The summed E-state index contributed by atoms with van der Waals surface area (Å²) >= 11 is 1.58. The van der Waals surface area contributed by atoms with Gasteiger partial charge in [0.25, 0.3) is 0 Å². The molecule has 4 heterocycles. The molecule has 0 spiro atoms. The van der Waals surface area contributed by atoms with Gasteiger partial charge in [-0.25, -0.2) is 9.50 Å². The van der Waals surface area contributed by atoms with E-state index in [1.807, 2.05) is 35.0 Å². The first kappa shape index (κ1) is 23.1. The molecule has 8 nitrogen and oxygen atoms in total. The molecule has 182 valence electrons. The third-order valence-electron chi connectivity index (χ3n) is 6.88. The van der Waals surface area contributed by atoms with Crippen molar-refractivity contribution in [1.29, 1.82) is 0 Å². The molecule has 1 amide bonds. The molecule has 34 heavy (non-hydrogen) atoms. The smallest absolute Gasteiger partial charge is 0.224 e. The summed E-state index contributed by atoms with van der Waals surface area (Å²) in [6, 6.07) is 7.89. The molecular formula is C25H34N6O2S. The standard InChI is InChI=1S/C25H34N6O2S/c1-33-21-10-8-19(9-11-21)22-18-31-24(27-22)34-25(28-31)30-16-5-7-20(17-30)23(32)26-12-6-15-29-13-3-2-4-14-29/h8-11,18,20H,2-7,12-17H2,1H3,(H,26,32)/t20-/m1/s1. The highest BCUT2D eigenvalue weighted by Crippen LogP contribution is 2.30. The highest BCUT2D eigenvalue weighted by molar-refractivity contribution is 7.20. The fourth-order valence-corrected chi connectivity index (χ4v) is 5.84. The number of methoxy groups -OCH3 is 1. The Morgan fingerprint density at radius 2 is 1.97 bits per heavy atom. The van der Waals surface area contributed by atoms with Gasteiger partial charge in [0.2, 0.25) is 16.0 Å². The van der Waals surface area contributed by atoms with Crippen LogP contribution < -0.4 is 15.0 Å². The largest absolute Gasteiger partial charge is 0.497 e. The van der Waals surface area contributed by atoms with Crippen LogP contribution in [0.4, 0.5) is 5.13 Å². The number of carbonyl (C=O) groups is 1. The topological polar surface area (TPSA) is 75.0 Å². The first-order valence-corrected chi connectivity index (χ1v) is 13.3. The molecule has 2 aliphatic rings. The first-order valence-electron chi connectivity index (χ1n) is 12.5. The number of nitrogens with one attached hydrogen (secondary N) is 1. The first-order chi connectivity index (χ1) is 16.7. The van der Waals surface area contributed by atoms with E-state index in [4.69, 9.17) is 14.8 Å². The van der Waals surface area contributed by atoms with E-state index in [0.717, 1.165) is 72.5 Å². The quantitative estimate of drug-likeness (QED) is 0.494. The van der Waals surface area contributed by atoms with Crippen molar-refractivity contribution in [2.24, 2.45) is 5.92 Å². The number of benzene rings is 1. The Labute approximate surface area is 204 Å². The fraction of sp³-hybridized carbons (Fsp3) is 0.560. The molecule has 3 aromatic rings. The highest BCUT2D eigenvalue weighted by atomic mass is 32.1. The summed E-state index contributed by atoms with van der Waals surface area (Å²) in [5.74, 6) is 1.04. The number of likely N-dealkylation sites (tertiary alicyclic amines) is 1. The molecule has 1 atom stereocenters. The van der Waals surface area contributed by atoms with Crippen LogP contribution >= 0.6 is 11.3 Å². The van der Waals surface area contributed by atoms with Crippen LogP contribution in [0.5, 0.6) is 5.75 Å². The molecular weight excluding hydrogens is 448 g/mol. The number of carbonyl (C=O) groups excluding carboxylic acids is 1. The van der Waals surface area contributed by atoms with Crippen LogP contribution in [0.2, 0.25) is 0 Å². The van der Waals surface area contributed by atoms with E-state index in [-0.39, 0.29) is 11.8 Å². The summed E-state index contributed by atoms with van der Waals surface area (Å²) in [4.78, 5) is 23.2. The van der Waals surface area contributed by atoms with Gasteiger partial charge in [0.05, 0.1) is 24.9 Å². The van der Waals surface area contributed by atoms with Gasteiger partial charge >= 0.3 is 0 Å². The minimum atomic E-state index is 0.0230. The van der Waals surface area contributed by atoms with Gasteiger partial charge in [-0.3, -0.25) is 4.79 Å². The van der Waals surface area contributed by atoms with Crippen molar-refractivity contribution in [3.05, 3.63) is 30.5 Å². The van der Waals surface area contributed by atoms with Crippen molar-refractivity contribution in [2.75, 3.05) is 51.3 Å². The van der Waals surface area contributed by atoms with Crippen LogP contribution in [0, 0.1) is 5.92 Å². The van der Waals surface area contributed by atoms with Gasteiger partial charge in [-0.2, -0.15) is 0 Å². The van der Waals surface area contributed by atoms with Crippen molar-refractivity contribution in [3.8, 4) is 17.0 Å². The summed E-state index contributed by atoms with van der Waals surface area (Å²) in [6.45, 7) is 5.94. The van der Waals surface area contributed by atoms with Gasteiger partial charge in [0, 0.05) is 25.2 Å². The molecule has 2 fully saturated rings. The zero-order valence-corrected chi connectivity index (χ0v) is 20.7. The van der Waals surface area contributed by atoms with Gasteiger partial charge in [-0.1, -0.05) is 17.8 Å². The number of rotatable bonds is 8. The van der Waals surface area contributed by atoms with Crippen LogP contribution in [0.3, 0.4) is 0 Å². The Hall–Kier alpha value is -2.65. The summed E-state index contributed by atoms with van der Waals surface area (Å²) < 4.78 is 7.09. The molecule has 0 saturated carbocycles. The van der Waals surface area contributed by atoms with Gasteiger partial charge < -0.3 is 19.9 Å². The molecule has 0 bridgehead atoms. The number of hydrogen-bond acceptors (Lipinski definition) is 7. The van der Waals surface area contributed by atoms with Crippen molar-refractivity contribution in [1.82, 2.24) is 24.8 Å². The SMILES string of the molecule is COc1ccc(-c2cn3nc(N4CCC[C@@H](C(=O)NCCCN5CCCCC5)C4)sc3n2)cc1. The maximum absolute atomic E-state index is 12.8. The van der Waals surface area contributed by atoms with Crippen LogP contribution in [0.15, 0.2) is 30.5 Å². The summed E-state index contributed by atoms with van der Waals surface area (Å²) in [6.07, 6.45) is 8.93. The predicted molar refractivity (Wildman–Crippen MR) is 136 cm³/mol. The van der Waals surface area contributed by atoms with E-state index in [1.165, 1.54) is 32.4 Å². The van der Waals surface area contributed by atoms with Crippen molar-refractivity contribution in [3.63, 3.8) is 0 Å². The summed E-state index contributed by atoms with van der Waals surface area (Å²) in [5, 5.41) is 8.89. The molecule has 1 aromatic carbocycles. The van der Waals surface area contributed by atoms with Gasteiger partial charge in [0.1, 0.15) is 5.75 Å². The average Bonchev–Trinajstić information content (AvgIpc) is 3.47. The predicted octanol–water partition coefficient (Wildman–Crippen LogP) is 3.68. The number of ether oxygens (including phenoxy) is 1. The second kappa shape index (κ2) is 10.7. The lowest BCUT2D eigenvalue weighted by Gasteiger charge is -2.31. The van der Waals surface area contributed by atoms with Crippen LogP contribution in [0.25, 0.3) is 16.2 Å². The molecule has 2 aliphatic heterocycles. The molecule has 0 unspecified atom stereocenters. The Bertz CT molecular complexity index is 1060. The van der Waals surface area contributed by atoms with E-state index < -0.39 is 0 Å². The van der Waals surface area contributed by atoms with Gasteiger partial charge in [-0.05, 0) is 76.0 Å². The lowest BCUT2D eigenvalue weighted by atomic mass is 9.97. The lowest BCUT2D eigenvalue weighted by molar-refractivity contribution is -0.125. The monoisotopic (exact) mass is 482 g/mol. The van der Waals surface area contributed by atoms with E-state index in [9.17, 15) is 4.79 Å². The molecule has 0 aliphatic carbocycles. The van der Waals surface area contributed by atoms with Crippen molar-refractivity contribution in [2.45, 2.75) is 38.5 Å². The normalized spacial score (nSPS) is 19.4. The van der Waals surface area contributed by atoms with E-state index in [1.54, 1.807) is 18.4 Å². The second-order valence-electron chi connectivity index (χ2n) is 9.30. The third-order valence-corrected chi connectivity index (χ3v) is 7.86. The van der Waals surface area contributed by atoms with Crippen molar-refractivity contribution >= 4 is 27.3 Å². The number of anilines is 1. The van der Waals surface area contributed by atoms with Gasteiger partial charge in [0.15, 0.2) is 0 Å². The number of aromatic nitrogens is 3. The third kappa shape index (κ3) is 5.36. The molecule has 5 rings (SSSR count). The fourth-order valence-electron chi connectivity index (χ4n) is 4.92. The Morgan fingerprint density at radius 1 is 1.15 bits per heavy atom. The number of piperidine rings is 2. The Morgan fingerprint density at radius 3 is 2.74 bits per heavy atom. The highest BCUT2D eigenvalue weighted by Gasteiger charge is 2.28. The number of amides is 1. The van der Waals surface area contributed by atoms with E-state index in [2.05, 4.69) is 15.1 Å². The summed E-state index contributed by atoms with van der Waals surface area (Å²) in [5.41, 5.74) is 1.93. The zero-order valence-electron chi connectivity index (χ0n) is 19.9. The molecule has 1 N–H and O–H groups in total. The molecule has 9 heteroatoms. The number of imidazole rings is 1. The minimum Gasteiger partial charge on any atom is -0.497 e. The molecule has 2 saturated heterocycles. The molecule has 2 aromatic heterocycles. The zero-order chi connectivity index (χ0) is 23.3.